The maximum absolute atomic E-state index is 3.56. The summed E-state index contributed by atoms with van der Waals surface area (Å²) in [6.45, 7) is 10.3. The second kappa shape index (κ2) is 6.80. The average Bonchev–Trinajstić information content (AvgIpc) is 2.52. The van der Waals surface area contributed by atoms with Crippen LogP contribution in [0.5, 0.6) is 0 Å². The van der Waals surface area contributed by atoms with E-state index in [2.05, 4.69) is 53.2 Å². The molecule has 3 rings (SSSR count). The first kappa shape index (κ1) is 14.9. The molecule has 2 aliphatic rings. The predicted octanol–water partition coefficient (Wildman–Crippen LogP) is 2.86. The van der Waals surface area contributed by atoms with Gasteiger partial charge in [0.05, 0.1) is 0 Å². The van der Waals surface area contributed by atoms with Crippen molar-refractivity contribution in [1.82, 2.24) is 10.2 Å². The molecular formula is C18H29N3. The second-order valence-corrected chi connectivity index (χ2v) is 6.80. The number of hydrogen-bond donors (Lipinski definition) is 1. The minimum Gasteiger partial charge on any atom is -0.368 e. The topological polar surface area (TPSA) is 18.5 Å². The molecule has 0 saturated carbocycles. The van der Waals surface area contributed by atoms with Crippen molar-refractivity contribution >= 4 is 5.69 Å². The van der Waals surface area contributed by atoms with Crippen LogP contribution in [-0.4, -0.2) is 43.2 Å². The molecular weight excluding hydrogens is 258 g/mol. The van der Waals surface area contributed by atoms with Crippen LogP contribution in [0.3, 0.4) is 0 Å². The van der Waals surface area contributed by atoms with Gasteiger partial charge in [-0.15, -0.1) is 0 Å². The number of para-hydroxylation sites is 1. The summed E-state index contributed by atoms with van der Waals surface area (Å²) in [4.78, 5) is 5.32. The number of benzene rings is 1. The van der Waals surface area contributed by atoms with E-state index in [9.17, 15) is 0 Å². The highest BCUT2D eigenvalue weighted by molar-refractivity contribution is 5.54. The van der Waals surface area contributed by atoms with Crippen molar-refractivity contribution < 1.29 is 0 Å². The summed E-state index contributed by atoms with van der Waals surface area (Å²) in [5.41, 5.74) is 2.88. The molecule has 1 aromatic rings. The van der Waals surface area contributed by atoms with Gasteiger partial charge in [-0.1, -0.05) is 38.5 Å². The molecule has 0 spiro atoms. The first-order chi connectivity index (χ1) is 10.2. The minimum absolute atomic E-state index is 0.535. The number of fused-ring (bicyclic) bond motifs is 1. The molecule has 2 aliphatic heterocycles. The van der Waals surface area contributed by atoms with E-state index in [1.165, 1.54) is 56.7 Å². The second-order valence-electron chi connectivity index (χ2n) is 6.80. The molecule has 0 radical (unpaired) electrons. The Labute approximate surface area is 129 Å². The lowest BCUT2D eigenvalue weighted by atomic mass is 9.98. The fourth-order valence-electron chi connectivity index (χ4n) is 3.66. The van der Waals surface area contributed by atoms with Gasteiger partial charge < -0.3 is 10.2 Å². The van der Waals surface area contributed by atoms with Gasteiger partial charge >= 0.3 is 0 Å². The molecule has 2 heterocycles. The first-order valence-corrected chi connectivity index (χ1v) is 8.54. The fourth-order valence-corrected chi connectivity index (χ4v) is 3.66. The quantitative estimate of drug-likeness (QED) is 0.918. The van der Waals surface area contributed by atoms with E-state index in [-0.39, 0.29) is 0 Å². The average molecular weight is 287 g/mol. The Kier molecular flexibility index (Phi) is 4.81. The normalized spacial score (nSPS) is 23.4. The van der Waals surface area contributed by atoms with Crippen LogP contribution in [-0.2, 0) is 6.54 Å². The molecule has 21 heavy (non-hydrogen) atoms. The van der Waals surface area contributed by atoms with Gasteiger partial charge in [0.1, 0.15) is 0 Å². The predicted molar refractivity (Wildman–Crippen MR) is 89.8 cm³/mol. The summed E-state index contributed by atoms with van der Waals surface area (Å²) in [6.07, 6.45) is 4.18. The van der Waals surface area contributed by atoms with E-state index < -0.39 is 0 Å². The van der Waals surface area contributed by atoms with Crippen molar-refractivity contribution in [2.45, 2.75) is 51.7 Å². The molecule has 0 amide bonds. The van der Waals surface area contributed by atoms with Gasteiger partial charge in [-0.2, -0.15) is 0 Å². The van der Waals surface area contributed by atoms with Crippen LogP contribution in [0, 0.1) is 0 Å². The number of piperidine rings is 1. The van der Waals surface area contributed by atoms with Crippen LogP contribution >= 0.6 is 0 Å². The summed E-state index contributed by atoms with van der Waals surface area (Å²) in [6, 6.07) is 10.2. The highest BCUT2D eigenvalue weighted by atomic mass is 15.3. The summed E-state index contributed by atoms with van der Waals surface area (Å²) in [5.74, 6) is 0. The van der Waals surface area contributed by atoms with Crippen molar-refractivity contribution in [2.24, 2.45) is 0 Å². The molecule has 3 nitrogen and oxygen atoms in total. The summed E-state index contributed by atoms with van der Waals surface area (Å²) in [5, 5.41) is 3.56. The van der Waals surface area contributed by atoms with E-state index in [1.54, 1.807) is 0 Å². The lowest BCUT2D eigenvalue weighted by molar-refractivity contribution is 0.133. The molecule has 1 atom stereocenters. The van der Waals surface area contributed by atoms with Gasteiger partial charge in [0, 0.05) is 44.0 Å². The van der Waals surface area contributed by atoms with Crippen molar-refractivity contribution in [2.75, 3.05) is 31.1 Å². The molecule has 116 valence electrons. The zero-order chi connectivity index (χ0) is 14.7. The molecule has 0 aliphatic carbocycles. The van der Waals surface area contributed by atoms with Crippen LogP contribution in [0.25, 0.3) is 0 Å². The molecule has 0 aromatic heterocycles. The van der Waals surface area contributed by atoms with E-state index in [4.69, 9.17) is 0 Å². The van der Waals surface area contributed by atoms with Crippen molar-refractivity contribution in [1.29, 1.82) is 0 Å². The maximum atomic E-state index is 3.56. The minimum atomic E-state index is 0.535. The summed E-state index contributed by atoms with van der Waals surface area (Å²) < 4.78 is 0. The summed E-state index contributed by atoms with van der Waals surface area (Å²) in [7, 11) is 0. The van der Waals surface area contributed by atoms with Crippen LogP contribution in [0.1, 0.15) is 38.7 Å². The Hall–Kier alpha value is -1.06. The molecule has 2 fully saturated rings. The molecule has 2 saturated heterocycles. The Morgan fingerprint density at radius 3 is 2.86 bits per heavy atom. The van der Waals surface area contributed by atoms with E-state index >= 15 is 0 Å². The van der Waals surface area contributed by atoms with Gasteiger partial charge in [0.15, 0.2) is 0 Å². The SMILES string of the molecule is CC(C)NCc1ccccc1N1CCN2CCCCC2C1. The highest BCUT2D eigenvalue weighted by Crippen LogP contribution is 2.27. The van der Waals surface area contributed by atoms with Crippen molar-refractivity contribution in [3.05, 3.63) is 29.8 Å². The van der Waals surface area contributed by atoms with Gasteiger partial charge in [0.2, 0.25) is 0 Å². The third kappa shape index (κ3) is 3.58. The van der Waals surface area contributed by atoms with Crippen LogP contribution in [0.4, 0.5) is 5.69 Å². The standard InChI is InChI=1S/C18H29N3/c1-15(2)19-13-16-7-3-4-9-18(16)21-12-11-20-10-6-5-8-17(20)14-21/h3-4,7,9,15,17,19H,5-6,8,10-14H2,1-2H3. The number of rotatable bonds is 4. The Bertz CT molecular complexity index is 458. The van der Waals surface area contributed by atoms with Gasteiger partial charge in [0.25, 0.3) is 0 Å². The van der Waals surface area contributed by atoms with Gasteiger partial charge in [-0.3, -0.25) is 4.90 Å². The van der Waals surface area contributed by atoms with Gasteiger partial charge in [-0.05, 0) is 31.0 Å². The maximum Gasteiger partial charge on any atom is 0.0412 e. The Balaban J connectivity index is 1.71. The number of nitrogens with zero attached hydrogens (tertiary/aromatic N) is 2. The van der Waals surface area contributed by atoms with E-state index in [1.807, 2.05) is 0 Å². The van der Waals surface area contributed by atoms with Crippen LogP contribution < -0.4 is 10.2 Å². The third-order valence-electron chi connectivity index (χ3n) is 4.87. The molecule has 3 heteroatoms. The van der Waals surface area contributed by atoms with Crippen molar-refractivity contribution in [3.8, 4) is 0 Å². The molecule has 1 unspecified atom stereocenters. The number of hydrogen-bond acceptors (Lipinski definition) is 3. The molecule has 1 N–H and O–H groups in total. The highest BCUT2D eigenvalue weighted by Gasteiger charge is 2.29. The number of anilines is 1. The van der Waals surface area contributed by atoms with Crippen molar-refractivity contribution in [3.63, 3.8) is 0 Å². The largest absolute Gasteiger partial charge is 0.368 e. The van der Waals surface area contributed by atoms with Crippen LogP contribution in [0.2, 0.25) is 0 Å². The molecule has 1 aromatic carbocycles. The first-order valence-electron chi connectivity index (χ1n) is 8.54. The Morgan fingerprint density at radius 2 is 2.00 bits per heavy atom. The summed E-state index contributed by atoms with van der Waals surface area (Å²) >= 11 is 0. The molecule has 0 bridgehead atoms. The Morgan fingerprint density at radius 1 is 1.14 bits per heavy atom. The van der Waals surface area contributed by atoms with E-state index in [0.717, 1.165) is 12.6 Å². The zero-order valence-corrected chi connectivity index (χ0v) is 13.5. The zero-order valence-electron chi connectivity index (χ0n) is 13.5. The van der Waals surface area contributed by atoms with Crippen LogP contribution in [0.15, 0.2) is 24.3 Å². The smallest absolute Gasteiger partial charge is 0.0412 e. The lowest BCUT2D eigenvalue weighted by Gasteiger charge is -2.45. The lowest BCUT2D eigenvalue weighted by Crippen LogP contribution is -2.55. The monoisotopic (exact) mass is 287 g/mol. The van der Waals surface area contributed by atoms with E-state index in [0.29, 0.717) is 6.04 Å². The third-order valence-corrected chi connectivity index (χ3v) is 4.87. The number of piperazine rings is 1. The number of nitrogens with one attached hydrogen (secondary N) is 1. The van der Waals surface area contributed by atoms with Gasteiger partial charge in [-0.25, -0.2) is 0 Å². The fraction of sp³-hybridized carbons (Fsp3) is 0.667.